The maximum absolute atomic E-state index is 12.0. The summed E-state index contributed by atoms with van der Waals surface area (Å²) in [7, 11) is 0. The van der Waals surface area contributed by atoms with Gasteiger partial charge >= 0.3 is 0 Å². The number of carbonyl (C=O) groups is 2. The molecule has 0 saturated carbocycles. The van der Waals surface area contributed by atoms with Crippen molar-refractivity contribution in [3.63, 3.8) is 0 Å². The highest BCUT2D eigenvalue weighted by Crippen LogP contribution is 2.14. The largest absolute Gasteiger partial charge is 0.369 e. The van der Waals surface area contributed by atoms with Gasteiger partial charge in [-0.05, 0) is 32.4 Å². The number of anilines is 1. The van der Waals surface area contributed by atoms with Gasteiger partial charge in [0.05, 0.1) is 17.4 Å². The zero-order valence-electron chi connectivity index (χ0n) is 12.2. The molecule has 0 aliphatic heterocycles. The van der Waals surface area contributed by atoms with Crippen molar-refractivity contribution in [1.29, 1.82) is 0 Å². The molecule has 0 atom stereocenters. The average Bonchev–Trinajstić information content (AvgIpc) is 2.43. The third-order valence-corrected chi connectivity index (χ3v) is 2.53. The summed E-state index contributed by atoms with van der Waals surface area (Å²) in [6, 6.07) is 6.93. The summed E-state index contributed by atoms with van der Waals surface area (Å²) in [5.41, 5.74) is 0.956. The van der Waals surface area contributed by atoms with Gasteiger partial charge in [0.1, 0.15) is 6.61 Å². The number of carbonyl (C=O) groups excluding carboxylic acids is 2. The van der Waals surface area contributed by atoms with Crippen LogP contribution in [0, 0.1) is 0 Å². The van der Waals surface area contributed by atoms with Crippen LogP contribution in [-0.2, 0) is 9.53 Å². The molecule has 0 aliphatic carbocycles. The fourth-order valence-corrected chi connectivity index (χ4v) is 1.55. The van der Waals surface area contributed by atoms with Crippen LogP contribution in [0.1, 0.15) is 37.6 Å². The van der Waals surface area contributed by atoms with Crippen molar-refractivity contribution in [2.75, 3.05) is 18.5 Å². The van der Waals surface area contributed by atoms with Gasteiger partial charge in [-0.1, -0.05) is 19.1 Å². The Morgan fingerprint density at radius 2 is 1.95 bits per heavy atom. The fraction of sp³-hybridized carbons (Fsp3) is 0.467. The van der Waals surface area contributed by atoms with Crippen LogP contribution in [-0.4, -0.2) is 31.1 Å². The van der Waals surface area contributed by atoms with Crippen molar-refractivity contribution in [3.05, 3.63) is 29.8 Å². The first-order chi connectivity index (χ1) is 9.54. The van der Waals surface area contributed by atoms with Crippen LogP contribution in [0.25, 0.3) is 0 Å². The van der Waals surface area contributed by atoms with E-state index < -0.39 is 0 Å². The first kappa shape index (κ1) is 16.2. The molecule has 0 saturated heterocycles. The van der Waals surface area contributed by atoms with Crippen LogP contribution in [0.15, 0.2) is 24.3 Å². The number of para-hydroxylation sites is 1. The summed E-state index contributed by atoms with van der Waals surface area (Å²) in [6.07, 6.45) is 0.853. The topological polar surface area (TPSA) is 67.4 Å². The molecule has 1 aromatic carbocycles. The molecular formula is C15H22N2O3. The molecule has 110 valence electrons. The maximum Gasteiger partial charge on any atom is 0.253 e. The zero-order valence-corrected chi connectivity index (χ0v) is 12.2. The van der Waals surface area contributed by atoms with Crippen LogP contribution in [0.3, 0.4) is 0 Å². The Hall–Kier alpha value is -1.88. The molecule has 1 aromatic rings. The number of amides is 2. The Balaban J connectivity index is 2.70. The molecule has 0 spiro atoms. The average molecular weight is 278 g/mol. The highest BCUT2D eigenvalue weighted by Gasteiger charge is 2.12. The fourth-order valence-electron chi connectivity index (χ4n) is 1.55. The standard InChI is InChI=1S/C15H22N2O3/c1-4-9-16-15(19)12-7-5-6-8-13(12)17-14(18)10-20-11(2)3/h5-8,11H,4,9-10H2,1-3H3,(H,16,19)(H,17,18). The molecule has 0 bridgehead atoms. The molecular weight excluding hydrogens is 256 g/mol. The van der Waals surface area contributed by atoms with E-state index in [0.717, 1.165) is 6.42 Å². The number of rotatable bonds is 7. The highest BCUT2D eigenvalue weighted by atomic mass is 16.5. The lowest BCUT2D eigenvalue weighted by molar-refractivity contribution is -0.121. The Kier molecular flexibility index (Phi) is 6.73. The molecule has 0 aromatic heterocycles. The van der Waals surface area contributed by atoms with Crippen molar-refractivity contribution in [3.8, 4) is 0 Å². The van der Waals surface area contributed by atoms with Crippen molar-refractivity contribution in [1.82, 2.24) is 5.32 Å². The minimum absolute atomic E-state index is 0.0103. The van der Waals surface area contributed by atoms with Gasteiger partial charge in [0.15, 0.2) is 0 Å². The van der Waals surface area contributed by atoms with Crippen molar-refractivity contribution in [2.45, 2.75) is 33.3 Å². The summed E-state index contributed by atoms with van der Waals surface area (Å²) < 4.78 is 5.23. The number of nitrogens with one attached hydrogen (secondary N) is 2. The van der Waals surface area contributed by atoms with Gasteiger partial charge in [0, 0.05) is 6.54 Å². The molecule has 0 aliphatic rings. The zero-order chi connectivity index (χ0) is 15.0. The predicted octanol–water partition coefficient (Wildman–Crippen LogP) is 2.19. The summed E-state index contributed by atoms with van der Waals surface area (Å²) in [5, 5.41) is 5.49. The van der Waals surface area contributed by atoms with E-state index in [4.69, 9.17) is 4.74 Å². The number of hydrogen-bond acceptors (Lipinski definition) is 3. The smallest absolute Gasteiger partial charge is 0.253 e. The Labute approximate surface area is 119 Å². The summed E-state index contributed by atoms with van der Waals surface area (Å²) in [4.78, 5) is 23.7. The molecule has 2 N–H and O–H groups in total. The van der Waals surface area contributed by atoms with E-state index in [9.17, 15) is 9.59 Å². The molecule has 1 rings (SSSR count). The van der Waals surface area contributed by atoms with E-state index in [2.05, 4.69) is 10.6 Å². The normalized spacial score (nSPS) is 10.4. The van der Waals surface area contributed by atoms with E-state index in [-0.39, 0.29) is 24.5 Å². The SMILES string of the molecule is CCCNC(=O)c1ccccc1NC(=O)COC(C)C. The lowest BCUT2D eigenvalue weighted by atomic mass is 10.1. The van der Waals surface area contributed by atoms with E-state index in [1.807, 2.05) is 20.8 Å². The lowest BCUT2D eigenvalue weighted by Gasteiger charge is -2.12. The van der Waals surface area contributed by atoms with Crippen LogP contribution in [0.2, 0.25) is 0 Å². The molecule has 0 fully saturated rings. The monoisotopic (exact) mass is 278 g/mol. The van der Waals surface area contributed by atoms with Gasteiger partial charge in [-0.25, -0.2) is 0 Å². The van der Waals surface area contributed by atoms with Gasteiger partial charge in [-0.15, -0.1) is 0 Å². The van der Waals surface area contributed by atoms with Gasteiger partial charge in [0.2, 0.25) is 5.91 Å². The quantitative estimate of drug-likeness (QED) is 0.803. The van der Waals surface area contributed by atoms with Crippen LogP contribution < -0.4 is 10.6 Å². The van der Waals surface area contributed by atoms with Crippen LogP contribution >= 0.6 is 0 Å². The molecule has 0 radical (unpaired) electrons. The van der Waals surface area contributed by atoms with Crippen LogP contribution in [0.4, 0.5) is 5.69 Å². The first-order valence-corrected chi connectivity index (χ1v) is 6.83. The Morgan fingerprint density at radius 1 is 1.25 bits per heavy atom. The second-order valence-electron chi connectivity index (χ2n) is 4.71. The van der Waals surface area contributed by atoms with Crippen molar-refractivity contribution >= 4 is 17.5 Å². The maximum atomic E-state index is 12.0. The molecule has 0 heterocycles. The third kappa shape index (κ3) is 5.40. The van der Waals surface area contributed by atoms with Crippen LogP contribution in [0.5, 0.6) is 0 Å². The third-order valence-electron chi connectivity index (χ3n) is 2.53. The molecule has 5 nitrogen and oxygen atoms in total. The highest BCUT2D eigenvalue weighted by molar-refractivity contribution is 6.03. The number of benzene rings is 1. The van der Waals surface area contributed by atoms with E-state index >= 15 is 0 Å². The van der Waals surface area contributed by atoms with E-state index in [1.165, 1.54) is 0 Å². The molecule has 2 amide bonds. The second-order valence-corrected chi connectivity index (χ2v) is 4.71. The first-order valence-electron chi connectivity index (χ1n) is 6.83. The Bertz CT molecular complexity index is 458. The molecule has 0 unspecified atom stereocenters. The number of hydrogen-bond donors (Lipinski definition) is 2. The van der Waals surface area contributed by atoms with Crippen molar-refractivity contribution in [2.24, 2.45) is 0 Å². The van der Waals surface area contributed by atoms with Crippen molar-refractivity contribution < 1.29 is 14.3 Å². The summed E-state index contributed by atoms with van der Waals surface area (Å²) in [5.74, 6) is -0.457. The van der Waals surface area contributed by atoms with E-state index in [0.29, 0.717) is 17.8 Å². The molecule has 5 heteroatoms. The lowest BCUT2D eigenvalue weighted by Crippen LogP contribution is -2.27. The van der Waals surface area contributed by atoms with Gasteiger partial charge < -0.3 is 15.4 Å². The minimum atomic E-state index is -0.269. The van der Waals surface area contributed by atoms with Gasteiger partial charge in [-0.2, -0.15) is 0 Å². The second kappa shape index (κ2) is 8.32. The van der Waals surface area contributed by atoms with Gasteiger partial charge in [-0.3, -0.25) is 9.59 Å². The predicted molar refractivity (Wildman–Crippen MR) is 78.8 cm³/mol. The van der Waals surface area contributed by atoms with Gasteiger partial charge in [0.25, 0.3) is 5.91 Å². The minimum Gasteiger partial charge on any atom is -0.369 e. The summed E-state index contributed by atoms with van der Waals surface area (Å²) >= 11 is 0. The Morgan fingerprint density at radius 3 is 2.60 bits per heavy atom. The number of ether oxygens (including phenoxy) is 1. The van der Waals surface area contributed by atoms with E-state index in [1.54, 1.807) is 24.3 Å². The molecule has 20 heavy (non-hydrogen) atoms. The summed E-state index contributed by atoms with van der Waals surface area (Å²) in [6.45, 7) is 6.29.